The van der Waals surface area contributed by atoms with E-state index < -0.39 is 33.9 Å². The van der Waals surface area contributed by atoms with Gasteiger partial charge in [-0.15, -0.1) is 0 Å². The van der Waals surface area contributed by atoms with Gasteiger partial charge in [0.25, 0.3) is 0 Å². The van der Waals surface area contributed by atoms with E-state index in [0.717, 1.165) is 0 Å². The van der Waals surface area contributed by atoms with Crippen molar-refractivity contribution in [3.63, 3.8) is 0 Å². The van der Waals surface area contributed by atoms with Crippen LogP contribution in [0.2, 0.25) is 0 Å². The molecule has 2 unspecified atom stereocenters. The second-order valence-corrected chi connectivity index (χ2v) is 6.43. The molecule has 20 heavy (non-hydrogen) atoms. The van der Waals surface area contributed by atoms with Crippen LogP contribution >= 0.6 is 0 Å². The van der Waals surface area contributed by atoms with Gasteiger partial charge in [0, 0.05) is 7.11 Å². The minimum absolute atomic E-state index is 0.153. The Morgan fingerprint density at radius 1 is 1.20 bits per heavy atom. The maximum atomic E-state index is 12.4. The topological polar surface area (TPSA) is 61.8 Å². The highest BCUT2D eigenvalue weighted by Gasteiger charge is 2.52. The second kappa shape index (κ2) is 6.17. The summed E-state index contributed by atoms with van der Waals surface area (Å²) in [4.78, 5) is 0. The summed E-state index contributed by atoms with van der Waals surface area (Å²) >= 11 is 0. The van der Waals surface area contributed by atoms with Gasteiger partial charge in [-0.3, -0.25) is 4.18 Å². The molecule has 9 heteroatoms. The van der Waals surface area contributed by atoms with Gasteiger partial charge in [0.2, 0.25) is 0 Å². The van der Waals surface area contributed by atoms with Crippen molar-refractivity contribution < 1.29 is 35.2 Å². The van der Waals surface area contributed by atoms with Crippen LogP contribution in [0.5, 0.6) is 0 Å². The summed E-state index contributed by atoms with van der Waals surface area (Å²) in [5.41, 5.74) is -5.46. The number of ether oxygens (including phenoxy) is 2. The molecule has 120 valence electrons. The summed E-state index contributed by atoms with van der Waals surface area (Å²) in [6.07, 6.45) is -2.06. The van der Waals surface area contributed by atoms with E-state index >= 15 is 0 Å². The van der Waals surface area contributed by atoms with Gasteiger partial charge in [0.15, 0.2) is 6.29 Å². The highest BCUT2D eigenvalue weighted by atomic mass is 32.2. The average molecular weight is 320 g/mol. The molecule has 0 aliphatic carbocycles. The lowest BCUT2D eigenvalue weighted by Crippen LogP contribution is -2.52. The molecule has 0 N–H and O–H groups in total. The number of hydrogen-bond donors (Lipinski definition) is 0. The molecule has 1 heterocycles. The molecule has 1 aliphatic heterocycles. The molecule has 1 fully saturated rings. The third-order valence-corrected chi connectivity index (χ3v) is 4.71. The maximum Gasteiger partial charge on any atom is 0.523 e. The van der Waals surface area contributed by atoms with E-state index in [1.54, 1.807) is 13.8 Å². The first-order valence-corrected chi connectivity index (χ1v) is 7.63. The average Bonchev–Trinajstić information content (AvgIpc) is 2.34. The molecule has 1 saturated heterocycles. The summed E-state index contributed by atoms with van der Waals surface area (Å²) in [6, 6.07) is 0. The van der Waals surface area contributed by atoms with Crippen LogP contribution in [0.25, 0.3) is 0 Å². The van der Waals surface area contributed by atoms with E-state index in [1.165, 1.54) is 7.11 Å². The van der Waals surface area contributed by atoms with Crippen LogP contribution in [0.3, 0.4) is 0 Å². The summed E-state index contributed by atoms with van der Waals surface area (Å²) in [7, 11) is -4.45. The van der Waals surface area contributed by atoms with Gasteiger partial charge < -0.3 is 9.47 Å². The Hall–Kier alpha value is -0.380. The molecule has 0 saturated carbocycles. The molecule has 1 rings (SSSR count). The molecule has 0 aromatic heterocycles. The normalized spacial score (nSPS) is 36.0. The number of methoxy groups -OCH3 is 1. The zero-order valence-corrected chi connectivity index (χ0v) is 12.5. The first kappa shape index (κ1) is 17.7. The number of hydrogen-bond acceptors (Lipinski definition) is 5. The van der Waals surface area contributed by atoms with Crippen LogP contribution < -0.4 is 0 Å². The fraction of sp³-hybridized carbons (Fsp3) is 1.00. The SMILES string of the molecule is CCC1O[C@@H](OC)C(OS(=O)(=O)C(F)(F)F)[C@H](C)[C@H]1C. The van der Waals surface area contributed by atoms with Crippen LogP contribution in [-0.2, 0) is 23.8 Å². The summed E-state index contributed by atoms with van der Waals surface area (Å²) in [6.45, 7) is 5.27. The van der Waals surface area contributed by atoms with Gasteiger partial charge in [-0.1, -0.05) is 20.8 Å². The molecule has 0 bridgehead atoms. The molecule has 0 aromatic rings. The Bertz CT molecular complexity index is 420. The summed E-state index contributed by atoms with van der Waals surface area (Å²) < 4.78 is 74.1. The van der Waals surface area contributed by atoms with E-state index in [-0.39, 0.29) is 12.0 Å². The molecule has 1 aliphatic rings. The Kier molecular flexibility index (Phi) is 5.45. The largest absolute Gasteiger partial charge is 0.523 e. The van der Waals surface area contributed by atoms with Gasteiger partial charge in [0.1, 0.15) is 6.10 Å². The molecule has 0 radical (unpaired) electrons. The van der Waals surface area contributed by atoms with Gasteiger partial charge in [-0.05, 0) is 18.3 Å². The van der Waals surface area contributed by atoms with Gasteiger partial charge in [-0.2, -0.15) is 21.6 Å². The van der Waals surface area contributed by atoms with Crippen molar-refractivity contribution in [3.8, 4) is 0 Å². The fourth-order valence-electron chi connectivity index (χ4n) is 2.25. The van der Waals surface area contributed by atoms with Crippen LogP contribution in [-0.4, -0.2) is 39.5 Å². The number of halogens is 3. The fourth-order valence-corrected chi connectivity index (χ4v) is 2.92. The third kappa shape index (κ3) is 3.44. The van der Waals surface area contributed by atoms with Crippen LogP contribution in [0.1, 0.15) is 27.2 Å². The zero-order chi connectivity index (χ0) is 15.7. The summed E-state index contributed by atoms with van der Waals surface area (Å²) in [5.74, 6) is -0.615. The lowest BCUT2D eigenvalue weighted by Gasteiger charge is -2.43. The molecular formula is C11H19F3O5S. The van der Waals surface area contributed by atoms with Crippen LogP contribution in [0.15, 0.2) is 0 Å². The Labute approximate surface area is 116 Å². The molecular weight excluding hydrogens is 301 g/mol. The lowest BCUT2D eigenvalue weighted by atomic mass is 9.83. The predicted molar refractivity (Wildman–Crippen MR) is 64.1 cm³/mol. The first-order valence-electron chi connectivity index (χ1n) is 6.23. The molecule has 0 aromatic carbocycles. The Morgan fingerprint density at radius 2 is 1.75 bits per heavy atom. The molecule has 0 amide bonds. The van der Waals surface area contributed by atoms with Gasteiger partial charge >= 0.3 is 15.6 Å². The number of rotatable bonds is 4. The minimum atomic E-state index is -5.68. The minimum Gasteiger partial charge on any atom is -0.353 e. The van der Waals surface area contributed by atoms with E-state index in [1.807, 2.05) is 6.92 Å². The predicted octanol–water partition coefficient (Wildman–Crippen LogP) is 2.27. The van der Waals surface area contributed by atoms with Crippen molar-refractivity contribution in [1.82, 2.24) is 0 Å². The Morgan fingerprint density at radius 3 is 2.15 bits per heavy atom. The van der Waals surface area contributed by atoms with Crippen molar-refractivity contribution in [3.05, 3.63) is 0 Å². The second-order valence-electron chi connectivity index (χ2n) is 4.87. The van der Waals surface area contributed by atoms with E-state index in [4.69, 9.17) is 9.47 Å². The van der Waals surface area contributed by atoms with Gasteiger partial charge in [-0.25, -0.2) is 0 Å². The van der Waals surface area contributed by atoms with Crippen molar-refractivity contribution >= 4 is 10.1 Å². The highest BCUT2D eigenvalue weighted by molar-refractivity contribution is 7.87. The number of alkyl halides is 3. The van der Waals surface area contributed by atoms with E-state index in [9.17, 15) is 21.6 Å². The highest BCUT2D eigenvalue weighted by Crippen LogP contribution is 2.37. The van der Waals surface area contributed by atoms with Crippen molar-refractivity contribution in [2.24, 2.45) is 11.8 Å². The van der Waals surface area contributed by atoms with Crippen molar-refractivity contribution in [2.75, 3.05) is 7.11 Å². The Balaban J connectivity index is 2.98. The zero-order valence-electron chi connectivity index (χ0n) is 11.7. The first-order chi connectivity index (χ1) is 9.05. The summed E-state index contributed by atoms with van der Waals surface area (Å²) in [5, 5.41) is 0. The van der Waals surface area contributed by atoms with Crippen LogP contribution in [0.4, 0.5) is 13.2 Å². The maximum absolute atomic E-state index is 12.4. The molecule has 5 atom stereocenters. The monoisotopic (exact) mass is 320 g/mol. The van der Waals surface area contributed by atoms with E-state index in [0.29, 0.717) is 6.42 Å². The van der Waals surface area contributed by atoms with Gasteiger partial charge in [0.05, 0.1) is 6.10 Å². The smallest absolute Gasteiger partial charge is 0.353 e. The quantitative estimate of drug-likeness (QED) is 0.587. The molecule has 5 nitrogen and oxygen atoms in total. The van der Waals surface area contributed by atoms with E-state index in [2.05, 4.69) is 4.18 Å². The molecule has 0 spiro atoms. The lowest BCUT2D eigenvalue weighted by molar-refractivity contribution is -0.255. The third-order valence-electron chi connectivity index (χ3n) is 3.67. The van der Waals surface area contributed by atoms with Crippen molar-refractivity contribution in [2.45, 2.75) is 51.2 Å². The van der Waals surface area contributed by atoms with Crippen molar-refractivity contribution in [1.29, 1.82) is 0 Å². The van der Waals surface area contributed by atoms with Crippen LogP contribution in [0, 0.1) is 11.8 Å². The standard InChI is InChI=1S/C11H19F3O5S/c1-5-8-6(2)7(3)9(10(17-4)18-8)19-20(15,16)11(12,13)14/h6-10H,5H2,1-4H3/t6-,7-,8?,9?,10-/m1/s1.